The molecule has 0 aromatic heterocycles. The highest BCUT2D eigenvalue weighted by molar-refractivity contribution is 8.00. The number of carbonyl (C=O) groups excluding carboxylic acids is 2. The summed E-state index contributed by atoms with van der Waals surface area (Å²) in [5, 5.41) is 5.75. The van der Waals surface area contributed by atoms with Gasteiger partial charge in [0.05, 0.1) is 5.75 Å². The van der Waals surface area contributed by atoms with Crippen LogP contribution in [0.2, 0.25) is 0 Å². The molecule has 5 heteroatoms. The largest absolute Gasteiger partial charge is 0.349 e. The van der Waals surface area contributed by atoms with E-state index in [1.165, 1.54) is 0 Å². The van der Waals surface area contributed by atoms with Crippen LogP contribution in [0.15, 0.2) is 36.4 Å². The normalized spacial score (nSPS) is 14.1. The lowest BCUT2D eigenvalue weighted by Crippen LogP contribution is -2.25. The van der Waals surface area contributed by atoms with Crippen molar-refractivity contribution < 1.29 is 9.59 Å². The first kappa shape index (κ1) is 15.6. The second-order valence-electron chi connectivity index (χ2n) is 4.96. The second kappa shape index (κ2) is 7.88. The molecule has 0 heterocycles. The fourth-order valence-electron chi connectivity index (χ4n) is 1.75. The van der Waals surface area contributed by atoms with Crippen molar-refractivity contribution in [2.75, 3.05) is 16.8 Å². The van der Waals surface area contributed by atoms with Crippen molar-refractivity contribution in [1.29, 1.82) is 0 Å². The monoisotopic (exact) mass is 304 g/mol. The molecule has 0 radical (unpaired) electrons. The minimum absolute atomic E-state index is 0.0516. The van der Waals surface area contributed by atoms with Crippen LogP contribution in [0, 0.1) is 0 Å². The van der Waals surface area contributed by atoms with Gasteiger partial charge in [-0.05, 0) is 38.0 Å². The third-order valence-corrected chi connectivity index (χ3v) is 3.90. The Bertz CT molecular complexity index is 539. The van der Waals surface area contributed by atoms with Crippen molar-refractivity contribution in [3.05, 3.63) is 42.0 Å². The lowest BCUT2D eigenvalue weighted by atomic mass is 10.2. The molecule has 1 aliphatic carbocycles. The molecule has 0 saturated heterocycles. The fraction of sp³-hybridized carbons (Fsp3) is 0.375. The maximum Gasteiger partial charge on any atom is 0.251 e. The van der Waals surface area contributed by atoms with Crippen molar-refractivity contribution in [3.8, 4) is 0 Å². The SMILES string of the molecule is CC=CCSCC(=O)Nc1cccc(C(=O)NC2CC2)c1. The van der Waals surface area contributed by atoms with E-state index >= 15 is 0 Å². The molecular weight excluding hydrogens is 284 g/mol. The second-order valence-corrected chi connectivity index (χ2v) is 5.99. The topological polar surface area (TPSA) is 58.2 Å². The van der Waals surface area contributed by atoms with Crippen LogP contribution in [0.3, 0.4) is 0 Å². The third-order valence-electron chi connectivity index (χ3n) is 3.00. The maximum atomic E-state index is 11.9. The molecule has 1 saturated carbocycles. The summed E-state index contributed by atoms with van der Waals surface area (Å²) < 4.78 is 0. The molecule has 1 fully saturated rings. The van der Waals surface area contributed by atoms with Gasteiger partial charge in [0.1, 0.15) is 0 Å². The Kier molecular flexibility index (Phi) is 5.87. The van der Waals surface area contributed by atoms with Gasteiger partial charge in [0.2, 0.25) is 5.91 Å². The van der Waals surface area contributed by atoms with E-state index in [0.717, 1.165) is 18.6 Å². The average molecular weight is 304 g/mol. The van der Waals surface area contributed by atoms with Crippen LogP contribution in [0.4, 0.5) is 5.69 Å². The Morgan fingerprint density at radius 3 is 2.90 bits per heavy atom. The molecule has 4 nitrogen and oxygen atoms in total. The van der Waals surface area contributed by atoms with Gasteiger partial charge in [-0.25, -0.2) is 0 Å². The van der Waals surface area contributed by atoms with E-state index in [0.29, 0.717) is 23.0 Å². The quantitative estimate of drug-likeness (QED) is 0.601. The molecule has 112 valence electrons. The van der Waals surface area contributed by atoms with Crippen LogP contribution in [0.5, 0.6) is 0 Å². The van der Waals surface area contributed by atoms with E-state index in [-0.39, 0.29) is 11.8 Å². The predicted octanol–water partition coefficient (Wildman–Crippen LogP) is 2.83. The summed E-state index contributed by atoms with van der Waals surface area (Å²) in [6.45, 7) is 1.96. The third kappa shape index (κ3) is 5.63. The number of hydrogen-bond donors (Lipinski definition) is 2. The van der Waals surface area contributed by atoms with Crippen molar-refractivity contribution in [2.24, 2.45) is 0 Å². The van der Waals surface area contributed by atoms with Crippen LogP contribution < -0.4 is 10.6 Å². The van der Waals surface area contributed by atoms with Gasteiger partial charge < -0.3 is 10.6 Å². The van der Waals surface area contributed by atoms with Gasteiger partial charge >= 0.3 is 0 Å². The molecule has 1 aliphatic rings. The zero-order valence-corrected chi connectivity index (χ0v) is 12.9. The van der Waals surface area contributed by atoms with Crippen LogP contribution in [0.25, 0.3) is 0 Å². The van der Waals surface area contributed by atoms with Gasteiger partial charge in [-0.15, -0.1) is 11.8 Å². The fourth-order valence-corrected chi connectivity index (χ4v) is 2.45. The summed E-state index contributed by atoms with van der Waals surface area (Å²) in [5.41, 5.74) is 1.25. The molecule has 0 unspecified atom stereocenters. The minimum Gasteiger partial charge on any atom is -0.349 e. The van der Waals surface area contributed by atoms with Crippen molar-refractivity contribution in [2.45, 2.75) is 25.8 Å². The van der Waals surface area contributed by atoms with E-state index in [1.54, 1.807) is 36.0 Å². The molecule has 0 bridgehead atoms. The number of carbonyl (C=O) groups is 2. The molecular formula is C16H20N2O2S. The molecule has 21 heavy (non-hydrogen) atoms. The lowest BCUT2D eigenvalue weighted by molar-refractivity contribution is -0.113. The first-order valence-electron chi connectivity index (χ1n) is 7.08. The van der Waals surface area contributed by atoms with Gasteiger partial charge in [0, 0.05) is 23.0 Å². The van der Waals surface area contributed by atoms with Crippen molar-refractivity contribution in [1.82, 2.24) is 5.32 Å². The predicted molar refractivity (Wildman–Crippen MR) is 87.7 cm³/mol. The highest BCUT2D eigenvalue weighted by Gasteiger charge is 2.23. The first-order valence-corrected chi connectivity index (χ1v) is 8.24. The van der Waals surface area contributed by atoms with Gasteiger partial charge in [0.15, 0.2) is 0 Å². The Hall–Kier alpha value is -1.75. The molecule has 2 amide bonds. The van der Waals surface area contributed by atoms with Gasteiger partial charge in [0.25, 0.3) is 5.91 Å². The summed E-state index contributed by atoms with van der Waals surface area (Å²) >= 11 is 1.55. The zero-order chi connectivity index (χ0) is 15.1. The minimum atomic E-state index is -0.0731. The van der Waals surface area contributed by atoms with Crippen molar-refractivity contribution >= 4 is 29.3 Å². The number of nitrogens with one attached hydrogen (secondary N) is 2. The Labute approximate surface area is 129 Å². The molecule has 1 aromatic carbocycles. The highest BCUT2D eigenvalue weighted by Crippen LogP contribution is 2.20. The van der Waals surface area contributed by atoms with E-state index in [1.807, 2.05) is 19.1 Å². The van der Waals surface area contributed by atoms with E-state index in [9.17, 15) is 9.59 Å². The Morgan fingerprint density at radius 1 is 1.38 bits per heavy atom. The number of thioether (sulfide) groups is 1. The Balaban J connectivity index is 1.84. The average Bonchev–Trinajstić information content (AvgIpc) is 3.28. The number of hydrogen-bond acceptors (Lipinski definition) is 3. The summed E-state index contributed by atoms with van der Waals surface area (Å²) in [4.78, 5) is 23.7. The van der Waals surface area contributed by atoms with Crippen LogP contribution in [-0.4, -0.2) is 29.4 Å². The molecule has 1 aromatic rings. The summed E-state index contributed by atoms with van der Waals surface area (Å²) in [6, 6.07) is 7.38. The van der Waals surface area contributed by atoms with Crippen molar-refractivity contribution in [3.63, 3.8) is 0 Å². The maximum absolute atomic E-state index is 11.9. The van der Waals surface area contributed by atoms with Crippen LogP contribution in [-0.2, 0) is 4.79 Å². The molecule has 0 spiro atoms. The van der Waals surface area contributed by atoms with Crippen LogP contribution in [0.1, 0.15) is 30.1 Å². The number of allylic oxidation sites excluding steroid dienone is 1. The smallest absolute Gasteiger partial charge is 0.251 e. The summed E-state index contributed by atoms with van der Waals surface area (Å²) in [5.74, 6) is 1.11. The molecule has 2 N–H and O–H groups in total. The summed E-state index contributed by atoms with van der Waals surface area (Å²) in [7, 11) is 0. The molecule has 2 rings (SSSR count). The summed E-state index contributed by atoms with van der Waals surface area (Å²) in [6.07, 6.45) is 6.10. The van der Waals surface area contributed by atoms with Crippen LogP contribution >= 0.6 is 11.8 Å². The number of rotatable bonds is 7. The highest BCUT2D eigenvalue weighted by atomic mass is 32.2. The Morgan fingerprint density at radius 2 is 2.19 bits per heavy atom. The lowest BCUT2D eigenvalue weighted by Gasteiger charge is -2.07. The standard InChI is InChI=1S/C16H20N2O2S/c1-2-3-9-21-11-15(19)17-14-6-4-5-12(10-14)16(20)18-13-7-8-13/h2-6,10,13H,7-9,11H2,1H3,(H,17,19)(H,18,20). The first-order chi connectivity index (χ1) is 10.2. The van der Waals surface area contributed by atoms with Gasteiger partial charge in [-0.1, -0.05) is 18.2 Å². The zero-order valence-electron chi connectivity index (χ0n) is 12.1. The van der Waals surface area contributed by atoms with Gasteiger partial charge in [-0.2, -0.15) is 0 Å². The van der Waals surface area contributed by atoms with Gasteiger partial charge in [-0.3, -0.25) is 9.59 Å². The number of benzene rings is 1. The van der Waals surface area contributed by atoms with E-state index in [4.69, 9.17) is 0 Å². The van der Waals surface area contributed by atoms with E-state index < -0.39 is 0 Å². The number of anilines is 1. The van der Waals surface area contributed by atoms with E-state index in [2.05, 4.69) is 10.6 Å². The molecule has 0 aliphatic heterocycles. The number of amides is 2. The molecule has 0 atom stereocenters.